The van der Waals surface area contributed by atoms with Gasteiger partial charge in [0.25, 0.3) is 0 Å². The lowest BCUT2D eigenvalue weighted by atomic mass is 9.95. The van der Waals surface area contributed by atoms with Crippen molar-refractivity contribution in [3.05, 3.63) is 83.9 Å². The van der Waals surface area contributed by atoms with Crippen LogP contribution in [0.3, 0.4) is 0 Å². The molecule has 1 saturated carbocycles. The molecule has 1 saturated heterocycles. The van der Waals surface area contributed by atoms with Crippen LogP contribution in [0, 0.1) is 0 Å². The van der Waals surface area contributed by atoms with Gasteiger partial charge in [-0.05, 0) is 72.4 Å². The predicted octanol–water partition coefficient (Wildman–Crippen LogP) is 6.69. The molecule has 2 fully saturated rings. The predicted molar refractivity (Wildman–Crippen MR) is 135 cm³/mol. The van der Waals surface area contributed by atoms with Crippen LogP contribution >= 0.6 is 12.2 Å². The van der Waals surface area contributed by atoms with E-state index in [4.69, 9.17) is 12.2 Å². The number of hydrogen-bond acceptors (Lipinski definition) is 2. The van der Waals surface area contributed by atoms with E-state index in [1.54, 1.807) is 0 Å². The first-order valence-electron chi connectivity index (χ1n) is 11.9. The maximum absolute atomic E-state index is 5.87. The van der Waals surface area contributed by atoms with Crippen LogP contribution in [0.4, 0.5) is 5.69 Å². The molecule has 2 aromatic heterocycles. The summed E-state index contributed by atoms with van der Waals surface area (Å²) in [5.74, 6) is 0.509. The Morgan fingerprint density at radius 3 is 2.47 bits per heavy atom. The second-order valence-electron chi connectivity index (χ2n) is 9.43. The van der Waals surface area contributed by atoms with Crippen molar-refractivity contribution in [1.29, 1.82) is 0 Å². The van der Waals surface area contributed by atoms with Gasteiger partial charge in [-0.25, -0.2) is 0 Å². The molecular formula is C27H32N4S. The van der Waals surface area contributed by atoms with Crippen LogP contribution in [0.2, 0.25) is 0 Å². The van der Waals surface area contributed by atoms with Crippen molar-refractivity contribution in [2.24, 2.45) is 0 Å². The fourth-order valence-electron chi connectivity index (χ4n) is 5.20. The molecule has 166 valence electrons. The Bertz CT molecular complexity index is 1050. The second-order valence-corrected chi connectivity index (χ2v) is 9.81. The molecule has 1 aliphatic heterocycles. The molecule has 0 radical (unpaired) electrons. The van der Waals surface area contributed by atoms with Crippen molar-refractivity contribution in [2.45, 2.75) is 70.0 Å². The smallest absolute Gasteiger partial charge is 0.174 e. The Balaban J connectivity index is 1.53. The van der Waals surface area contributed by atoms with E-state index in [-0.39, 0.29) is 12.1 Å². The van der Waals surface area contributed by atoms with Crippen LogP contribution < -0.4 is 10.2 Å². The zero-order valence-corrected chi connectivity index (χ0v) is 19.8. The SMILES string of the molecule is CC(C)c1ccc(N2C(=S)N[C@H](c3ccccn3)[C@@H]2c2ccn(C3CCCCC3)c2)cc1. The van der Waals surface area contributed by atoms with Crippen molar-refractivity contribution in [3.8, 4) is 0 Å². The Morgan fingerprint density at radius 1 is 1.00 bits per heavy atom. The quantitative estimate of drug-likeness (QED) is 0.445. The number of aromatic nitrogens is 2. The van der Waals surface area contributed by atoms with Crippen LogP contribution in [0.15, 0.2) is 67.1 Å². The number of hydrogen-bond donors (Lipinski definition) is 1. The van der Waals surface area contributed by atoms with Gasteiger partial charge in [-0.15, -0.1) is 0 Å². The summed E-state index contributed by atoms with van der Waals surface area (Å²) in [5, 5.41) is 4.34. The molecule has 5 heteroatoms. The third-order valence-electron chi connectivity index (χ3n) is 7.01. The molecule has 1 aliphatic carbocycles. The average molecular weight is 445 g/mol. The van der Waals surface area contributed by atoms with E-state index in [0.29, 0.717) is 12.0 Å². The molecular weight excluding hydrogens is 412 g/mol. The summed E-state index contributed by atoms with van der Waals surface area (Å²) in [6.07, 6.45) is 13.1. The van der Waals surface area contributed by atoms with E-state index in [2.05, 4.69) is 88.5 Å². The monoisotopic (exact) mass is 444 g/mol. The zero-order valence-electron chi connectivity index (χ0n) is 18.9. The Labute approximate surface area is 196 Å². The molecule has 5 rings (SSSR count). The van der Waals surface area contributed by atoms with Gasteiger partial charge in [0, 0.05) is 30.3 Å². The highest BCUT2D eigenvalue weighted by molar-refractivity contribution is 7.80. The van der Waals surface area contributed by atoms with Crippen LogP contribution in [0.5, 0.6) is 0 Å². The number of rotatable bonds is 5. The number of pyridine rings is 1. The van der Waals surface area contributed by atoms with Gasteiger partial charge in [0.05, 0.1) is 17.8 Å². The highest BCUT2D eigenvalue weighted by atomic mass is 32.1. The lowest BCUT2D eigenvalue weighted by molar-refractivity contribution is 0.353. The maximum Gasteiger partial charge on any atom is 0.174 e. The minimum absolute atomic E-state index is 0.00989. The summed E-state index contributed by atoms with van der Waals surface area (Å²) in [7, 11) is 0. The molecule has 3 aromatic rings. The number of benzene rings is 1. The molecule has 1 N–H and O–H groups in total. The molecule has 32 heavy (non-hydrogen) atoms. The summed E-state index contributed by atoms with van der Waals surface area (Å²) in [4.78, 5) is 6.95. The topological polar surface area (TPSA) is 33.1 Å². The number of anilines is 1. The number of thiocarbonyl (C=S) groups is 1. The first-order valence-corrected chi connectivity index (χ1v) is 12.3. The van der Waals surface area contributed by atoms with Gasteiger partial charge in [0.15, 0.2) is 5.11 Å². The second kappa shape index (κ2) is 9.07. The molecule has 0 unspecified atom stereocenters. The molecule has 0 bridgehead atoms. The summed E-state index contributed by atoms with van der Waals surface area (Å²) >= 11 is 5.87. The van der Waals surface area contributed by atoms with Crippen LogP contribution in [-0.2, 0) is 0 Å². The molecule has 2 aliphatic rings. The van der Waals surface area contributed by atoms with E-state index in [1.165, 1.54) is 43.2 Å². The first kappa shape index (κ1) is 21.2. The van der Waals surface area contributed by atoms with Crippen molar-refractivity contribution in [2.75, 3.05) is 4.90 Å². The van der Waals surface area contributed by atoms with E-state index >= 15 is 0 Å². The molecule has 1 aromatic carbocycles. The Morgan fingerprint density at radius 2 is 1.78 bits per heavy atom. The summed E-state index contributed by atoms with van der Waals surface area (Å²) < 4.78 is 2.44. The van der Waals surface area contributed by atoms with Crippen molar-refractivity contribution < 1.29 is 0 Å². The van der Waals surface area contributed by atoms with Gasteiger partial charge < -0.3 is 14.8 Å². The molecule has 0 spiro atoms. The first-order chi connectivity index (χ1) is 15.6. The standard InChI is InChI=1S/C27H32N4S/c1-19(2)20-11-13-23(14-12-20)31-26(25(29-27(31)32)24-10-6-7-16-28-24)21-15-17-30(18-21)22-8-4-3-5-9-22/h6-7,10-19,22,25-26H,3-5,8-9H2,1-2H3,(H,29,32)/t25-,26+/m1/s1. The Hall–Kier alpha value is -2.66. The number of nitrogens with zero attached hydrogens (tertiary/aromatic N) is 3. The van der Waals surface area contributed by atoms with Crippen molar-refractivity contribution in [3.63, 3.8) is 0 Å². The highest BCUT2D eigenvalue weighted by Crippen LogP contribution is 2.42. The molecule has 4 nitrogen and oxygen atoms in total. The molecule has 2 atom stereocenters. The Kier molecular flexibility index (Phi) is 6.01. The highest BCUT2D eigenvalue weighted by Gasteiger charge is 2.41. The minimum Gasteiger partial charge on any atom is -0.351 e. The largest absolute Gasteiger partial charge is 0.351 e. The summed E-state index contributed by atoms with van der Waals surface area (Å²) in [6.45, 7) is 4.45. The normalized spacial score (nSPS) is 21.8. The fraction of sp³-hybridized carbons (Fsp3) is 0.407. The van der Waals surface area contributed by atoms with Gasteiger partial charge in [-0.2, -0.15) is 0 Å². The van der Waals surface area contributed by atoms with Gasteiger partial charge >= 0.3 is 0 Å². The van der Waals surface area contributed by atoms with Crippen LogP contribution in [0.25, 0.3) is 0 Å². The van der Waals surface area contributed by atoms with E-state index in [1.807, 2.05) is 12.3 Å². The van der Waals surface area contributed by atoms with Gasteiger partial charge in [-0.3, -0.25) is 4.98 Å². The van der Waals surface area contributed by atoms with Crippen LogP contribution in [-0.4, -0.2) is 14.7 Å². The average Bonchev–Trinajstić information content (AvgIpc) is 3.45. The van der Waals surface area contributed by atoms with Crippen LogP contribution in [0.1, 0.15) is 86.8 Å². The van der Waals surface area contributed by atoms with Gasteiger partial charge in [-0.1, -0.05) is 51.3 Å². The summed E-state index contributed by atoms with van der Waals surface area (Å²) in [5.41, 5.74) is 4.77. The number of nitrogens with one attached hydrogen (secondary N) is 1. The maximum atomic E-state index is 5.87. The molecule has 0 amide bonds. The van der Waals surface area contributed by atoms with E-state index in [9.17, 15) is 0 Å². The third kappa shape index (κ3) is 4.06. The van der Waals surface area contributed by atoms with E-state index < -0.39 is 0 Å². The summed E-state index contributed by atoms with van der Waals surface area (Å²) in [6, 6.07) is 17.9. The lowest BCUT2D eigenvalue weighted by Crippen LogP contribution is -2.29. The van der Waals surface area contributed by atoms with E-state index in [0.717, 1.165) is 16.5 Å². The van der Waals surface area contributed by atoms with Gasteiger partial charge in [0.2, 0.25) is 0 Å². The van der Waals surface area contributed by atoms with Gasteiger partial charge in [0.1, 0.15) is 0 Å². The third-order valence-corrected chi connectivity index (χ3v) is 7.33. The fourth-order valence-corrected chi connectivity index (χ4v) is 5.55. The molecule has 3 heterocycles. The zero-order chi connectivity index (χ0) is 22.1. The van der Waals surface area contributed by atoms with Crippen molar-refractivity contribution in [1.82, 2.24) is 14.9 Å². The van der Waals surface area contributed by atoms with Crippen molar-refractivity contribution >= 4 is 23.0 Å². The lowest BCUT2D eigenvalue weighted by Gasteiger charge is -2.28. The minimum atomic E-state index is 0.00989.